The standard InChI is InChI=1S/C11H20O3/c1-11(5-3-7-12)6-4-9(8-11)10(13)14-2/h9,12H,3-8H2,1-2H3/t9-,11+/m0/s1. The number of carbonyl (C=O) groups excluding carboxylic acids is 1. The minimum Gasteiger partial charge on any atom is -0.469 e. The fourth-order valence-corrected chi connectivity index (χ4v) is 2.42. The highest BCUT2D eigenvalue weighted by atomic mass is 16.5. The Morgan fingerprint density at radius 3 is 2.93 bits per heavy atom. The van der Waals surface area contributed by atoms with Crippen molar-refractivity contribution in [1.82, 2.24) is 0 Å². The predicted molar refractivity (Wildman–Crippen MR) is 53.8 cm³/mol. The van der Waals surface area contributed by atoms with Crippen LogP contribution in [0.1, 0.15) is 39.0 Å². The molecule has 0 aromatic rings. The van der Waals surface area contributed by atoms with E-state index in [0.29, 0.717) is 0 Å². The summed E-state index contributed by atoms with van der Waals surface area (Å²) in [6.45, 7) is 2.45. The summed E-state index contributed by atoms with van der Waals surface area (Å²) in [5, 5.41) is 8.77. The third-order valence-electron chi connectivity index (χ3n) is 3.31. The molecule has 1 rings (SSSR count). The summed E-state index contributed by atoms with van der Waals surface area (Å²) >= 11 is 0. The summed E-state index contributed by atoms with van der Waals surface area (Å²) in [7, 11) is 1.45. The van der Waals surface area contributed by atoms with Crippen molar-refractivity contribution in [3.05, 3.63) is 0 Å². The Morgan fingerprint density at radius 1 is 1.64 bits per heavy atom. The van der Waals surface area contributed by atoms with Gasteiger partial charge in [-0.25, -0.2) is 0 Å². The van der Waals surface area contributed by atoms with Crippen molar-refractivity contribution < 1.29 is 14.6 Å². The molecule has 0 heterocycles. The molecule has 3 nitrogen and oxygen atoms in total. The van der Waals surface area contributed by atoms with Crippen LogP contribution in [0.15, 0.2) is 0 Å². The van der Waals surface area contributed by atoms with Crippen LogP contribution in [0.5, 0.6) is 0 Å². The van der Waals surface area contributed by atoms with E-state index in [1.54, 1.807) is 0 Å². The zero-order chi connectivity index (χ0) is 10.6. The van der Waals surface area contributed by atoms with Crippen molar-refractivity contribution in [2.45, 2.75) is 39.0 Å². The lowest BCUT2D eigenvalue weighted by Crippen LogP contribution is -2.17. The lowest BCUT2D eigenvalue weighted by molar-refractivity contribution is -0.145. The van der Waals surface area contributed by atoms with Gasteiger partial charge in [0.25, 0.3) is 0 Å². The molecule has 14 heavy (non-hydrogen) atoms. The van der Waals surface area contributed by atoms with Crippen LogP contribution in [-0.2, 0) is 9.53 Å². The minimum atomic E-state index is -0.0716. The maximum absolute atomic E-state index is 11.3. The number of hydrogen-bond donors (Lipinski definition) is 1. The zero-order valence-corrected chi connectivity index (χ0v) is 9.08. The second-order valence-electron chi connectivity index (χ2n) is 4.60. The molecule has 1 aliphatic carbocycles. The van der Waals surface area contributed by atoms with Crippen LogP contribution in [0.4, 0.5) is 0 Å². The van der Waals surface area contributed by atoms with Gasteiger partial charge in [-0.05, 0) is 37.5 Å². The lowest BCUT2D eigenvalue weighted by atomic mass is 9.83. The smallest absolute Gasteiger partial charge is 0.308 e. The lowest BCUT2D eigenvalue weighted by Gasteiger charge is -2.23. The van der Waals surface area contributed by atoms with Crippen LogP contribution < -0.4 is 0 Å². The number of hydrogen-bond acceptors (Lipinski definition) is 3. The summed E-state index contributed by atoms with van der Waals surface area (Å²) in [5.41, 5.74) is 0.238. The highest BCUT2D eigenvalue weighted by Gasteiger charge is 2.38. The average molecular weight is 200 g/mol. The molecule has 0 aromatic carbocycles. The molecule has 0 radical (unpaired) electrons. The molecule has 0 unspecified atom stereocenters. The van der Waals surface area contributed by atoms with Crippen molar-refractivity contribution in [2.24, 2.45) is 11.3 Å². The molecule has 0 bridgehead atoms. The van der Waals surface area contributed by atoms with E-state index in [4.69, 9.17) is 9.84 Å². The molecule has 1 aliphatic rings. The van der Waals surface area contributed by atoms with Gasteiger partial charge in [0.1, 0.15) is 0 Å². The van der Waals surface area contributed by atoms with Gasteiger partial charge in [-0.1, -0.05) is 6.92 Å². The average Bonchev–Trinajstić information content (AvgIpc) is 2.57. The molecule has 1 saturated carbocycles. The van der Waals surface area contributed by atoms with Gasteiger partial charge in [-0.2, -0.15) is 0 Å². The van der Waals surface area contributed by atoms with Gasteiger partial charge >= 0.3 is 5.97 Å². The van der Waals surface area contributed by atoms with Gasteiger partial charge in [0.2, 0.25) is 0 Å². The van der Waals surface area contributed by atoms with E-state index >= 15 is 0 Å². The summed E-state index contributed by atoms with van der Waals surface area (Å²) in [4.78, 5) is 11.3. The number of aliphatic hydroxyl groups excluding tert-OH is 1. The van der Waals surface area contributed by atoms with E-state index in [2.05, 4.69) is 6.92 Å². The first-order valence-corrected chi connectivity index (χ1v) is 5.30. The minimum absolute atomic E-state index is 0.0716. The normalized spacial score (nSPS) is 31.8. The van der Waals surface area contributed by atoms with Crippen molar-refractivity contribution in [1.29, 1.82) is 0 Å². The Morgan fingerprint density at radius 2 is 2.36 bits per heavy atom. The fraction of sp³-hybridized carbons (Fsp3) is 0.909. The molecule has 82 valence electrons. The molecule has 2 atom stereocenters. The molecule has 3 heteroatoms. The quantitative estimate of drug-likeness (QED) is 0.703. The first kappa shape index (κ1) is 11.5. The van der Waals surface area contributed by atoms with E-state index in [0.717, 1.165) is 32.1 Å². The van der Waals surface area contributed by atoms with Crippen molar-refractivity contribution >= 4 is 5.97 Å². The number of esters is 1. The summed E-state index contributed by atoms with van der Waals surface area (Å²) < 4.78 is 4.74. The van der Waals surface area contributed by atoms with Crippen LogP contribution in [-0.4, -0.2) is 24.8 Å². The monoisotopic (exact) mass is 200 g/mol. The largest absolute Gasteiger partial charge is 0.469 e. The van der Waals surface area contributed by atoms with E-state index in [-0.39, 0.29) is 23.9 Å². The number of rotatable bonds is 4. The molecule has 0 saturated heterocycles. The summed E-state index contributed by atoms with van der Waals surface area (Å²) in [6.07, 6.45) is 4.78. The Kier molecular flexibility index (Phi) is 3.93. The molecule has 0 amide bonds. The topological polar surface area (TPSA) is 46.5 Å². The SMILES string of the molecule is COC(=O)[C@H]1CC[C@@](C)(CCCO)C1. The first-order valence-electron chi connectivity index (χ1n) is 5.30. The zero-order valence-electron chi connectivity index (χ0n) is 9.08. The van der Waals surface area contributed by atoms with Gasteiger partial charge in [0.05, 0.1) is 13.0 Å². The third kappa shape index (κ3) is 2.71. The van der Waals surface area contributed by atoms with Gasteiger partial charge in [-0.15, -0.1) is 0 Å². The molecule has 0 aliphatic heterocycles. The highest BCUT2D eigenvalue weighted by Crippen LogP contribution is 2.44. The van der Waals surface area contributed by atoms with Crippen LogP contribution in [0.2, 0.25) is 0 Å². The predicted octanol–water partition coefficient (Wildman–Crippen LogP) is 1.74. The number of carbonyl (C=O) groups is 1. The van der Waals surface area contributed by atoms with Crippen molar-refractivity contribution in [3.63, 3.8) is 0 Å². The molecule has 1 N–H and O–H groups in total. The van der Waals surface area contributed by atoms with Crippen LogP contribution in [0.3, 0.4) is 0 Å². The second-order valence-corrected chi connectivity index (χ2v) is 4.60. The van der Waals surface area contributed by atoms with E-state index < -0.39 is 0 Å². The van der Waals surface area contributed by atoms with Gasteiger partial charge in [0, 0.05) is 6.61 Å². The maximum atomic E-state index is 11.3. The van der Waals surface area contributed by atoms with Crippen molar-refractivity contribution in [2.75, 3.05) is 13.7 Å². The molecule has 1 fully saturated rings. The second kappa shape index (κ2) is 4.78. The van der Waals surface area contributed by atoms with E-state index in [1.807, 2.05) is 0 Å². The number of aliphatic hydroxyl groups is 1. The van der Waals surface area contributed by atoms with Gasteiger partial charge < -0.3 is 9.84 Å². The maximum Gasteiger partial charge on any atom is 0.308 e. The molecular formula is C11H20O3. The summed E-state index contributed by atoms with van der Waals surface area (Å²) in [5.74, 6) is 0.0152. The molecule has 0 spiro atoms. The van der Waals surface area contributed by atoms with E-state index in [9.17, 15) is 4.79 Å². The Bertz CT molecular complexity index is 203. The third-order valence-corrected chi connectivity index (χ3v) is 3.31. The highest BCUT2D eigenvalue weighted by molar-refractivity contribution is 5.72. The van der Waals surface area contributed by atoms with Gasteiger partial charge in [-0.3, -0.25) is 4.79 Å². The summed E-state index contributed by atoms with van der Waals surface area (Å²) in [6, 6.07) is 0. The molecule has 0 aromatic heterocycles. The van der Waals surface area contributed by atoms with Crippen LogP contribution in [0, 0.1) is 11.3 Å². The number of methoxy groups -OCH3 is 1. The van der Waals surface area contributed by atoms with Crippen molar-refractivity contribution in [3.8, 4) is 0 Å². The Balaban J connectivity index is 2.42. The van der Waals surface area contributed by atoms with E-state index in [1.165, 1.54) is 7.11 Å². The molecular weight excluding hydrogens is 180 g/mol. The number of ether oxygens (including phenoxy) is 1. The first-order chi connectivity index (χ1) is 6.61. The Labute approximate surface area is 85.5 Å². The fourth-order valence-electron chi connectivity index (χ4n) is 2.42. The Hall–Kier alpha value is -0.570. The van der Waals surface area contributed by atoms with Crippen LogP contribution in [0.25, 0.3) is 0 Å². The van der Waals surface area contributed by atoms with Gasteiger partial charge in [0.15, 0.2) is 0 Å². The van der Waals surface area contributed by atoms with Crippen LogP contribution >= 0.6 is 0 Å².